The normalized spacial score (nSPS) is 14.5. The Morgan fingerprint density at radius 1 is 0.783 bits per heavy atom. The number of aryl methyl sites for hydroxylation is 1. The maximum Gasteiger partial charge on any atom is 0.451 e. The van der Waals surface area contributed by atoms with Gasteiger partial charge in [0.05, 0.1) is 7.05 Å². The van der Waals surface area contributed by atoms with E-state index in [1.54, 1.807) is 0 Å². The maximum absolute atomic E-state index is 13.1. The van der Waals surface area contributed by atoms with Crippen LogP contribution >= 0.6 is 0 Å². The van der Waals surface area contributed by atoms with Gasteiger partial charge in [0.1, 0.15) is 0 Å². The van der Waals surface area contributed by atoms with Gasteiger partial charge < -0.3 is 0 Å². The molecular weight excluding hydrogens is 343 g/mol. The molecule has 23 heavy (non-hydrogen) atoms. The van der Waals surface area contributed by atoms with Gasteiger partial charge in [-0.3, -0.25) is 0 Å². The number of fused-ring (bicyclic) bond motifs is 1. The molecule has 0 aliphatic carbocycles. The fourth-order valence-corrected chi connectivity index (χ4v) is 2.42. The smallest absolute Gasteiger partial charge is 0.233 e. The number of alkyl halides is 9. The number of hydrogen-bond donors (Lipinski definition) is 0. The van der Waals surface area contributed by atoms with E-state index in [-0.39, 0.29) is 11.8 Å². The summed E-state index contributed by atoms with van der Waals surface area (Å²) in [6, 6.07) is 4.20. The van der Waals surface area contributed by atoms with Crippen LogP contribution in [0.1, 0.15) is 0 Å². The minimum absolute atomic E-state index is 0.138. The summed E-state index contributed by atoms with van der Waals surface area (Å²) in [6.45, 7) is 0. The summed E-state index contributed by atoms with van der Waals surface area (Å²) in [7, 11) is 1.05. The lowest BCUT2D eigenvalue weighted by Gasteiger charge is -2.35. The van der Waals surface area contributed by atoms with Crippen LogP contribution in [-0.2, 0) is 12.6 Å². The summed E-state index contributed by atoms with van der Waals surface area (Å²) in [5.74, 6) is 0. The van der Waals surface area contributed by atoms with Crippen LogP contribution < -0.4 is 4.57 Å². The first-order valence-corrected chi connectivity index (χ1v) is 5.91. The summed E-state index contributed by atoms with van der Waals surface area (Å²) < 4.78 is 118. The molecule has 0 saturated heterocycles. The van der Waals surface area contributed by atoms with E-state index >= 15 is 0 Å². The molecule has 0 bridgehead atoms. The Labute approximate surface area is 122 Å². The van der Waals surface area contributed by atoms with Crippen LogP contribution in [0.3, 0.4) is 0 Å². The maximum atomic E-state index is 13.1. The number of hydrogen-bond acceptors (Lipinski definition) is 0. The molecule has 0 atom stereocenters. The third-order valence-corrected chi connectivity index (χ3v) is 3.40. The molecular formula is C12H8F9N2+. The van der Waals surface area contributed by atoms with E-state index in [0.717, 1.165) is 29.8 Å². The lowest BCUT2D eigenvalue weighted by molar-refractivity contribution is -0.647. The molecule has 0 radical (unpaired) electrons. The quantitative estimate of drug-likeness (QED) is 0.545. The molecule has 128 valence electrons. The molecule has 11 heteroatoms. The predicted octanol–water partition coefficient (Wildman–Crippen LogP) is 3.85. The first kappa shape index (κ1) is 17.4. The van der Waals surface area contributed by atoms with Gasteiger partial charge >= 0.3 is 24.1 Å². The SMILES string of the molecule is C[n+]1cn(C(C(F)(F)F)(C(F)(F)F)C(F)(F)F)c2ccccc21. The van der Waals surface area contributed by atoms with Crippen LogP contribution in [0, 0.1) is 0 Å². The molecule has 0 spiro atoms. The van der Waals surface area contributed by atoms with E-state index in [9.17, 15) is 39.5 Å². The van der Waals surface area contributed by atoms with E-state index in [4.69, 9.17) is 0 Å². The highest BCUT2D eigenvalue weighted by Crippen LogP contribution is 2.58. The van der Waals surface area contributed by atoms with Gasteiger partial charge in [-0.2, -0.15) is 44.1 Å². The average Bonchev–Trinajstić information content (AvgIpc) is 2.63. The molecule has 0 fully saturated rings. The van der Waals surface area contributed by atoms with Gasteiger partial charge in [0, 0.05) is 0 Å². The third kappa shape index (κ3) is 2.24. The molecule has 2 nitrogen and oxygen atoms in total. The Morgan fingerprint density at radius 3 is 1.65 bits per heavy atom. The Hall–Kier alpha value is -1.94. The van der Waals surface area contributed by atoms with Crippen LogP contribution in [0.4, 0.5) is 39.5 Å². The van der Waals surface area contributed by atoms with E-state index in [1.165, 1.54) is 6.07 Å². The zero-order valence-corrected chi connectivity index (χ0v) is 11.2. The summed E-state index contributed by atoms with van der Waals surface area (Å²) in [5.41, 5.74) is -7.11. The van der Waals surface area contributed by atoms with Crippen molar-refractivity contribution < 1.29 is 44.1 Å². The topological polar surface area (TPSA) is 8.81 Å². The fourth-order valence-electron chi connectivity index (χ4n) is 2.42. The Balaban J connectivity index is 3.03. The minimum atomic E-state index is -6.65. The second-order valence-electron chi connectivity index (χ2n) is 4.79. The largest absolute Gasteiger partial charge is 0.451 e. The zero-order chi connectivity index (χ0) is 17.8. The van der Waals surface area contributed by atoms with Crippen molar-refractivity contribution in [1.82, 2.24) is 4.57 Å². The second kappa shape index (κ2) is 4.78. The van der Waals surface area contributed by atoms with Crippen LogP contribution in [0.2, 0.25) is 0 Å². The predicted molar refractivity (Wildman–Crippen MR) is 59.3 cm³/mol. The molecule has 0 aliphatic rings. The molecule has 1 heterocycles. The van der Waals surface area contributed by atoms with Crippen molar-refractivity contribution in [3.63, 3.8) is 0 Å². The molecule has 0 aliphatic heterocycles. The molecule has 0 saturated carbocycles. The first-order valence-electron chi connectivity index (χ1n) is 5.91. The number of halogens is 9. The van der Waals surface area contributed by atoms with Gasteiger partial charge in [0.2, 0.25) is 6.33 Å². The van der Waals surface area contributed by atoms with Crippen molar-refractivity contribution in [3.8, 4) is 0 Å². The van der Waals surface area contributed by atoms with Gasteiger partial charge in [0.15, 0.2) is 11.0 Å². The monoisotopic (exact) mass is 351 g/mol. The molecule has 2 rings (SSSR count). The standard InChI is InChI=1S/C12H8F9N2/c1-22-6-23(8-5-3-2-4-7(8)22)9(10(13,14)15,11(16,17)18)12(19,20)21/h2-6H,1H3/q+1. The number of para-hydroxylation sites is 2. The van der Waals surface area contributed by atoms with Crippen LogP contribution in [0.5, 0.6) is 0 Å². The average molecular weight is 351 g/mol. The zero-order valence-electron chi connectivity index (χ0n) is 11.2. The lowest BCUT2D eigenvalue weighted by atomic mass is 9.96. The van der Waals surface area contributed by atoms with Crippen LogP contribution in [0.25, 0.3) is 11.0 Å². The number of benzene rings is 1. The highest BCUT2D eigenvalue weighted by Gasteiger charge is 2.89. The van der Waals surface area contributed by atoms with E-state index in [0.29, 0.717) is 0 Å². The summed E-state index contributed by atoms with van der Waals surface area (Å²) in [4.78, 5) is 0. The summed E-state index contributed by atoms with van der Waals surface area (Å²) >= 11 is 0. The van der Waals surface area contributed by atoms with Crippen molar-refractivity contribution in [2.45, 2.75) is 24.1 Å². The van der Waals surface area contributed by atoms with E-state index in [2.05, 4.69) is 0 Å². The Morgan fingerprint density at radius 2 is 1.22 bits per heavy atom. The van der Waals surface area contributed by atoms with Crippen LogP contribution in [-0.4, -0.2) is 23.1 Å². The molecule has 0 amide bonds. The lowest BCUT2D eigenvalue weighted by Crippen LogP contribution is -2.66. The van der Waals surface area contributed by atoms with Gasteiger partial charge in [-0.05, 0) is 12.1 Å². The van der Waals surface area contributed by atoms with Crippen molar-refractivity contribution in [2.24, 2.45) is 7.05 Å². The van der Waals surface area contributed by atoms with Crippen molar-refractivity contribution >= 4 is 11.0 Å². The van der Waals surface area contributed by atoms with Gasteiger partial charge in [-0.15, -0.1) is 0 Å². The Kier molecular flexibility index (Phi) is 3.62. The highest BCUT2D eigenvalue weighted by atomic mass is 19.4. The molecule has 2 aromatic rings. The number of imidazole rings is 1. The Bertz CT molecular complexity index is 685. The van der Waals surface area contributed by atoms with E-state index < -0.39 is 34.2 Å². The molecule has 1 aromatic heterocycles. The first-order chi connectivity index (χ1) is 10.2. The van der Waals surface area contributed by atoms with Crippen molar-refractivity contribution in [2.75, 3.05) is 0 Å². The highest BCUT2D eigenvalue weighted by molar-refractivity contribution is 5.72. The number of rotatable bonds is 1. The van der Waals surface area contributed by atoms with E-state index in [1.807, 2.05) is 0 Å². The van der Waals surface area contributed by atoms with Gasteiger partial charge in [-0.1, -0.05) is 12.1 Å². The summed E-state index contributed by atoms with van der Waals surface area (Å²) in [6.07, 6.45) is -19.8. The summed E-state index contributed by atoms with van der Waals surface area (Å²) in [5, 5.41) is 0. The van der Waals surface area contributed by atoms with Crippen LogP contribution in [0.15, 0.2) is 30.6 Å². The minimum Gasteiger partial charge on any atom is -0.233 e. The number of nitrogens with zero attached hydrogens (tertiary/aromatic N) is 2. The second-order valence-corrected chi connectivity index (χ2v) is 4.79. The van der Waals surface area contributed by atoms with Gasteiger partial charge in [0.25, 0.3) is 0 Å². The van der Waals surface area contributed by atoms with Gasteiger partial charge in [-0.25, -0.2) is 4.57 Å². The number of aromatic nitrogens is 2. The third-order valence-electron chi connectivity index (χ3n) is 3.40. The van der Waals surface area contributed by atoms with Crippen molar-refractivity contribution in [3.05, 3.63) is 30.6 Å². The van der Waals surface area contributed by atoms with Crippen molar-refractivity contribution in [1.29, 1.82) is 0 Å². The molecule has 1 aromatic carbocycles. The fraction of sp³-hybridized carbons (Fsp3) is 0.417. The molecule has 0 unspecified atom stereocenters. The molecule has 0 N–H and O–H groups in total.